The van der Waals surface area contributed by atoms with Crippen molar-refractivity contribution in [2.75, 3.05) is 19.0 Å². The number of methoxy groups -OCH3 is 1. The number of anilines is 1. The Bertz CT molecular complexity index is 1230. The zero-order valence-corrected chi connectivity index (χ0v) is 18.4. The molecule has 4 rings (SSSR count). The summed E-state index contributed by atoms with van der Waals surface area (Å²) in [5.74, 6) is -0.226. The molecule has 2 heterocycles. The summed E-state index contributed by atoms with van der Waals surface area (Å²) in [6.45, 7) is 1.55. The van der Waals surface area contributed by atoms with Gasteiger partial charge in [0.1, 0.15) is 18.0 Å². The Morgan fingerprint density at radius 1 is 1.12 bits per heavy atom. The molecule has 0 aliphatic carbocycles. The molecule has 0 radical (unpaired) electrons. The SMILES string of the molecule is COc1cccc(-c2ccc(C=C3NC(=O)N(CC(=O)Nc4cccc(C)c4)C3=O)s2)c1. The monoisotopic (exact) mass is 447 g/mol. The number of rotatable bonds is 6. The minimum Gasteiger partial charge on any atom is -0.497 e. The van der Waals surface area contributed by atoms with E-state index in [-0.39, 0.29) is 12.2 Å². The van der Waals surface area contributed by atoms with Gasteiger partial charge in [-0.1, -0.05) is 24.3 Å². The smallest absolute Gasteiger partial charge is 0.329 e. The number of aryl methyl sites for hydroxylation is 1. The Hall–Kier alpha value is -3.91. The van der Waals surface area contributed by atoms with Crippen molar-refractivity contribution in [3.8, 4) is 16.2 Å². The van der Waals surface area contributed by atoms with E-state index >= 15 is 0 Å². The lowest BCUT2D eigenvalue weighted by Crippen LogP contribution is -2.38. The summed E-state index contributed by atoms with van der Waals surface area (Å²) in [6, 6.07) is 18.2. The minimum absolute atomic E-state index is 0.136. The number of urea groups is 1. The van der Waals surface area contributed by atoms with Gasteiger partial charge in [-0.15, -0.1) is 11.3 Å². The number of carbonyl (C=O) groups excluding carboxylic acids is 3. The second-order valence-electron chi connectivity index (χ2n) is 7.23. The summed E-state index contributed by atoms with van der Waals surface area (Å²) in [5.41, 5.74) is 2.74. The molecule has 1 saturated heterocycles. The molecule has 1 aromatic heterocycles. The van der Waals surface area contributed by atoms with Gasteiger partial charge in [-0.05, 0) is 60.5 Å². The van der Waals surface area contributed by atoms with Crippen molar-refractivity contribution < 1.29 is 19.1 Å². The molecule has 0 atom stereocenters. The molecule has 2 N–H and O–H groups in total. The highest BCUT2D eigenvalue weighted by Crippen LogP contribution is 2.31. The highest BCUT2D eigenvalue weighted by Gasteiger charge is 2.35. The lowest BCUT2D eigenvalue weighted by molar-refractivity contribution is -0.127. The van der Waals surface area contributed by atoms with Crippen LogP contribution in [0.5, 0.6) is 5.75 Å². The van der Waals surface area contributed by atoms with Gasteiger partial charge in [-0.3, -0.25) is 9.59 Å². The van der Waals surface area contributed by atoms with E-state index in [1.54, 1.807) is 19.3 Å². The average Bonchev–Trinajstić information content (AvgIpc) is 3.34. The molecule has 0 unspecified atom stereocenters. The molecule has 4 amide bonds. The van der Waals surface area contributed by atoms with Crippen LogP contribution in [0.2, 0.25) is 0 Å². The number of nitrogens with one attached hydrogen (secondary N) is 2. The van der Waals surface area contributed by atoms with Crippen LogP contribution in [0.3, 0.4) is 0 Å². The zero-order chi connectivity index (χ0) is 22.7. The van der Waals surface area contributed by atoms with Crippen LogP contribution in [0.1, 0.15) is 10.4 Å². The second-order valence-corrected chi connectivity index (χ2v) is 8.35. The number of nitrogens with zero attached hydrogens (tertiary/aromatic N) is 1. The number of thiophene rings is 1. The van der Waals surface area contributed by atoms with E-state index in [0.717, 1.165) is 31.5 Å². The lowest BCUT2D eigenvalue weighted by atomic mass is 10.2. The summed E-state index contributed by atoms with van der Waals surface area (Å²) >= 11 is 1.48. The Kier molecular flexibility index (Phi) is 6.04. The quantitative estimate of drug-likeness (QED) is 0.437. The molecule has 1 aliphatic rings. The molecular formula is C24H21N3O4S. The van der Waals surface area contributed by atoms with E-state index in [1.165, 1.54) is 11.3 Å². The number of carbonyl (C=O) groups is 3. The molecule has 3 aromatic rings. The van der Waals surface area contributed by atoms with Crippen molar-refractivity contribution in [3.63, 3.8) is 0 Å². The van der Waals surface area contributed by atoms with Gasteiger partial charge in [-0.25, -0.2) is 9.69 Å². The summed E-state index contributed by atoms with van der Waals surface area (Å²) in [7, 11) is 1.62. The van der Waals surface area contributed by atoms with Gasteiger partial charge in [0.15, 0.2) is 0 Å². The van der Waals surface area contributed by atoms with E-state index in [4.69, 9.17) is 4.74 Å². The van der Waals surface area contributed by atoms with Crippen LogP contribution >= 0.6 is 11.3 Å². The van der Waals surface area contributed by atoms with Gasteiger partial charge in [0.25, 0.3) is 5.91 Å². The van der Waals surface area contributed by atoms with Gasteiger partial charge >= 0.3 is 6.03 Å². The number of amides is 4. The maximum Gasteiger partial charge on any atom is 0.329 e. The van der Waals surface area contributed by atoms with Crippen LogP contribution in [-0.2, 0) is 9.59 Å². The maximum absolute atomic E-state index is 12.7. The van der Waals surface area contributed by atoms with Crippen LogP contribution in [0, 0.1) is 6.92 Å². The van der Waals surface area contributed by atoms with Gasteiger partial charge in [0.2, 0.25) is 5.91 Å². The molecule has 7 nitrogen and oxygen atoms in total. The van der Waals surface area contributed by atoms with Crippen molar-refractivity contribution in [1.82, 2.24) is 10.2 Å². The van der Waals surface area contributed by atoms with Crippen LogP contribution in [0.15, 0.2) is 66.4 Å². The van der Waals surface area contributed by atoms with E-state index in [9.17, 15) is 14.4 Å². The predicted molar refractivity (Wildman–Crippen MR) is 124 cm³/mol. The van der Waals surface area contributed by atoms with Crippen molar-refractivity contribution in [3.05, 3.63) is 76.8 Å². The number of benzene rings is 2. The summed E-state index contributed by atoms with van der Waals surface area (Å²) in [6.07, 6.45) is 1.62. The van der Waals surface area contributed by atoms with Gasteiger partial charge in [-0.2, -0.15) is 0 Å². The molecule has 1 fully saturated rings. The molecule has 8 heteroatoms. The Morgan fingerprint density at radius 3 is 2.72 bits per heavy atom. The van der Waals surface area contributed by atoms with Crippen molar-refractivity contribution >= 4 is 40.9 Å². The summed E-state index contributed by atoms with van der Waals surface area (Å²) in [4.78, 5) is 40.0. The first kappa shape index (κ1) is 21.3. The minimum atomic E-state index is -0.620. The standard InChI is InChI=1S/C24H21N3O4S/c1-15-5-3-7-17(11-15)25-22(28)14-27-23(29)20(26-24(27)30)13-19-9-10-21(32-19)16-6-4-8-18(12-16)31-2/h3-13H,14H2,1-2H3,(H,25,28)(H,26,30). The van der Waals surface area contributed by atoms with Gasteiger partial charge < -0.3 is 15.4 Å². The number of imide groups is 1. The fraction of sp³-hybridized carbons (Fsp3) is 0.125. The second kappa shape index (κ2) is 9.07. The average molecular weight is 448 g/mol. The Balaban J connectivity index is 1.45. The van der Waals surface area contributed by atoms with Crippen LogP contribution in [0.4, 0.5) is 10.5 Å². The highest BCUT2D eigenvalue weighted by molar-refractivity contribution is 7.16. The van der Waals surface area contributed by atoms with Crippen molar-refractivity contribution in [2.45, 2.75) is 6.92 Å². The molecule has 162 valence electrons. The fourth-order valence-corrected chi connectivity index (χ4v) is 4.23. The maximum atomic E-state index is 12.7. The van der Waals surface area contributed by atoms with Crippen molar-refractivity contribution in [1.29, 1.82) is 0 Å². The van der Waals surface area contributed by atoms with Crippen LogP contribution < -0.4 is 15.4 Å². The van der Waals surface area contributed by atoms with E-state index < -0.39 is 17.8 Å². The normalized spacial score (nSPS) is 14.6. The van der Waals surface area contributed by atoms with Gasteiger partial charge in [0, 0.05) is 15.4 Å². The first-order valence-corrected chi connectivity index (χ1v) is 10.7. The van der Waals surface area contributed by atoms with E-state index in [1.807, 2.05) is 61.5 Å². The Labute approximate surface area is 189 Å². The highest BCUT2D eigenvalue weighted by atomic mass is 32.1. The molecule has 0 bridgehead atoms. The van der Waals surface area contributed by atoms with Gasteiger partial charge in [0.05, 0.1) is 7.11 Å². The topological polar surface area (TPSA) is 87.7 Å². The first-order valence-electron chi connectivity index (χ1n) is 9.88. The predicted octanol–water partition coefficient (Wildman–Crippen LogP) is 4.26. The molecule has 1 aliphatic heterocycles. The zero-order valence-electron chi connectivity index (χ0n) is 17.5. The third-order valence-electron chi connectivity index (χ3n) is 4.83. The largest absolute Gasteiger partial charge is 0.497 e. The van der Waals surface area contributed by atoms with E-state index in [2.05, 4.69) is 10.6 Å². The fourth-order valence-electron chi connectivity index (χ4n) is 3.29. The Morgan fingerprint density at radius 2 is 1.94 bits per heavy atom. The van der Waals surface area contributed by atoms with Crippen LogP contribution in [0.25, 0.3) is 16.5 Å². The number of hydrogen-bond donors (Lipinski definition) is 2. The van der Waals surface area contributed by atoms with Crippen LogP contribution in [-0.4, -0.2) is 36.4 Å². The number of hydrogen-bond acceptors (Lipinski definition) is 5. The van der Waals surface area contributed by atoms with E-state index in [0.29, 0.717) is 5.69 Å². The summed E-state index contributed by atoms with van der Waals surface area (Å²) < 4.78 is 5.27. The summed E-state index contributed by atoms with van der Waals surface area (Å²) in [5, 5.41) is 5.26. The number of ether oxygens (including phenoxy) is 1. The molecule has 32 heavy (non-hydrogen) atoms. The first-order chi connectivity index (χ1) is 15.4. The molecule has 0 spiro atoms. The molecule has 2 aromatic carbocycles. The third-order valence-corrected chi connectivity index (χ3v) is 5.91. The van der Waals surface area contributed by atoms with Crippen molar-refractivity contribution in [2.24, 2.45) is 0 Å². The lowest BCUT2D eigenvalue weighted by Gasteiger charge is -2.12. The molecule has 0 saturated carbocycles. The molecular weight excluding hydrogens is 426 g/mol. The third kappa shape index (κ3) is 4.70.